The molecule has 4 rings (SSSR count). The van der Waals surface area contributed by atoms with Crippen molar-refractivity contribution in [1.29, 1.82) is 0 Å². The summed E-state index contributed by atoms with van der Waals surface area (Å²) in [6.07, 6.45) is 4.73. The fourth-order valence-electron chi connectivity index (χ4n) is 3.23. The summed E-state index contributed by atoms with van der Waals surface area (Å²) >= 11 is 0. The predicted octanol–water partition coefficient (Wildman–Crippen LogP) is 5.79. The average Bonchev–Trinajstić information content (AvgIpc) is 2.77. The van der Waals surface area contributed by atoms with E-state index in [-0.39, 0.29) is 11.5 Å². The Balaban J connectivity index is 0.000000196. The molecule has 0 unspecified atom stereocenters. The smallest absolute Gasteiger partial charge is 0.145 e. The van der Waals surface area contributed by atoms with E-state index in [1.807, 2.05) is 24.4 Å². The van der Waals surface area contributed by atoms with E-state index in [2.05, 4.69) is 69.6 Å². The zero-order valence-electron chi connectivity index (χ0n) is 20.9. The van der Waals surface area contributed by atoms with Crippen LogP contribution in [0.5, 0.6) is 5.75 Å². The van der Waals surface area contributed by atoms with E-state index >= 15 is 0 Å². The Bertz CT molecular complexity index is 776. The van der Waals surface area contributed by atoms with Crippen LogP contribution in [-0.4, -0.2) is 50.6 Å². The lowest BCUT2D eigenvalue weighted by atomic mass is 9.86. The first-order chi connectivity index (χ1) is 15.4. The summed E-state index contributed by atoms with van der Waals surface area (Å²) < 4.78 is 16.3. The van der Waals surface area contributed by atoms with Gasteiger partial charge in [0, 0.05) is 19.3 Å². The topological polar surface area (TPSA) is 43.8 Å². The van der Waals surface area contributed by atoms with Crippen molar-refractivity contribution >= 4 is 5.82 Å². The molecule has 1 aromatic carbocycles. The van der Waals surface area contributed by atoms with Crippen molar-refractivity contribution < 1.29 is 14.2 Å². The molecular weight excluding hydrogens is 400 g/mol. The summed E-state index contributed by atoms with van der Waals surface area (Å²) in [5.41, 5.74) is 2.63. The molecule has 3 heterocycles. The van der Waals surface area contributed by atoms with Crippen molar-refractivity contribution in [2.45, 2.75) is 65.9 Å². The van der Waals surface area contributed by atoms with Gasteiger partial charge in [0.15, 0.2) is 0 Å². The van der Waals surface area contributed by atoms with Gasteiger partial charge in [-0.15, -0.1) is 0 Å². The van der Waals surface area contributed by atoms with Crippen molar-refractivity contribution in [2.24, 2.45) is 0 Å². The van der Waals surface area contributed by atoms with Gasteiger partial charge >= 0.3 is 0 Å². The van der Waals surface area contributed by atoms with E-state index in [1.165, 1.54) is 24.0 Å². The highest BCUT2D eigenvalue weighted by atomic mass is 16.6. The Morgan fingerprint density at radius 2 is 1.62 bits per heavy atom. The van der Waals surface area contributed by atoms with Crippen LogP contribution in [0.3, 0.4) is 0 Å². The molecule has 0 N–H and O–H groups in total. The number of hydrogen-bond donors (Lipinski definition) is 0. The van der Waals surface area contributed by atoms with Crippen LogP contribution in [0.4, 0.5) is 5.82 Å². The lowest BCUT2D eigenvalue weighted by Gasteiger charge is -2.30. The number of aromatic nitrogens is 1. The monoisotopic (exact) mass is 442 g/mol. The maximum absolute atomic E-state index is 5.88. The molecule has 0 bridgehead atoms. The third-order valence-electron chi connectivity index (χ3n) is 5.39. The number of aryl methyl sites for hydroxylation is 1. The van der Waals surface area contributed by atoms with Gasteiger partial charge in [-0.25, -0.2) is 4.98 Å². The minimum Gasteiger partial charge on any atom is -0.485 e. The molecule has 0 spiro atoms. The molecular formula is C27H42N2O3. The van der Waals surface area contributed by atoms with Gasteiger partial charge in [0.1, 0.15) is 17.7 Å². The van der Waals surface area contributed by atoms with E-state index in [4.69, 9.17) is 14.2 Å². The minimum atomic E-state index is 0.126. The Morgan fingerprint density at radius 1 is 0.969 bits per heavy atom. The summed E-state index contributed by atoms with van der Waals surface area (Å²) in [4.78, 5) is 6.65. The molecule has 2 aromatic rings. The number of anilines is 1. The van der Waals surface area contributed by atoms with Gasteiger partial charge in [0.2, 0.25) is 0 Å². The van der Waals surface area contributed by atoms with Gasteiger partial charge in [-0.05, 0) is 35.6 Å². The number of hydrogen-bond acceptors (Lipinski definition) is 5. The lowest BCUT2D eigenvalue weighted by molar-refractivity contribution is -0.0802. The van der Waals surface area contributed by atoms with Crippen molar-refractivity contribution in [3.63, 3.8) is 0 Å². The van der Waals surface area contributed by atoms with Gasteiger partial charge < -0.3 is 19.1 Å². The second-order valence-corrected chi connectivity index (χ2v) is 9.27. The second kappa shape index (κ2) is 13.4. The number of pyridine rings is 1. The lowest BCUT2D eigenvalue weighted by Crippen LogP contribution is -2.39. The summed E-state index contributed by atoms with van der Waals surface area (Å²) in [5.74, 6) is 2.10. The van der Waals surface area contributed by atoms with E-state index in [9.17, 15) is 0 Å². The molecule has 5 nitrogen and oxygen atoms in total. The summed E-state index contributed by atoms with van der Waals surface area (Å²) in [6.45, 7) is 18.0. The molecule has 2 aliphatic heterocycles. The van der Waals surface area contributed by atoms with Crippen LogP contribution < -0.4 is 9.64 Å². The fourth-order valence-corrected chi connectivity index (χ4v) is 3.23. The number of rotatable bonds is 4. The molecule has 5 heteroatoms. The van der Waals surface area contributed by atoms with Crippen LogP contribution in [0.15, 0.2) is 42.6 Å². The molecule has 0 aliphatic carbocycles. The molecule has 2 fully saturated rings. The molecule has 1 aromatic heterocycles. The Kier molecular flexibility index (Phi) is 11.0. The largest absolute Gasteiger partial charge is 0.485 e. The molecule has 0 saturated carbocycles. The molecule has 0 amide bonds. The number of unbranched alkanes of at least 4 members (excludes halogenated alkanes) is 1. The predicted molar refractivity (Wildman–Crippen MR) is 133 cm³/mol. The van der Waals surface area contributed by atoms with Gasteiger partial charge in [-0.3, -0.25) is 0 Å². The first-order valence-corrected chi connectivity index (χ1v) is 11.9. The fraction of sp³-hybridized carbons (Fsp3) is 0.593. The molecule has 0 radical (unpaired) electrons. The quantitative estimate of drug-likeness (QED) is 0.599. The van der Waals surface area contributed by atoms with Gasteiger partial charge in [-0.2, -0.15) is 0 Å². The Hall–Kier alpha value is -2.11. The van der Waals surface area contributed by atoms with E-state index in [0.717, 1.165) is 51.1 Å². The van der Waals surface area contributed by atoms with Crippen molar-refractivity contribution in [3.8, 4) is 5.75 Å². The third kappa shape index (κ3) is 8.44. The first-order valence-electron chi connectivity index (χ1n) is 11.9. The standard InChI is InChI=1S/C13H18O2.C10H14N2O.C4H10/c1-13(2,3)11-6-4-5-7-12(11)15-10-8-14-9-10;1-9-3-2-4-11-10(9)12-5-7-13-8-6-12;1-3-4-2/h4-7,10H,8-9H2,1-3H3;2-4H,5-8H2,1H3;3-4H2,1-2H3. The molecule has 0 atom stereocenters. The van der Waals surface area contributed by atoms with Crippen LogP contribution in [0.1, 0.15) is 58.6 Å². The Labute approximate surface area is 195 Å². The average molecular weight is 443 g/mol. The minimum absolute atomic E-state index is 0.126. The first kappa shape index (κ1) is 26.1. The third-order valence-corrected chi connectivity index (χ3v) is 5.39. The molecule has 2 aliphatic rings. The molecule has 32 heavy (non-hydrogen) atoms. The number of para-hydroxylation sites is 1. The zero-order chi connectivity index (χ0) is 23.4. The Morgan fingerprint density at radius 3 is 2.16 bits per heavy atom. The molecule has 2 saturated heterocycles. The zero-order valence-corrected chi connectivity index (χ0v) is 20.9. The molecule has 178 valence electrons. The van der Waals surface area contributed by atoms with Crippen LogP contribution in [0.25, 0.3) is 0 Å². The van der Waals surface area contributed by atoms with Gasteiger partial charge in [-0.1, -0.05) is 71.7 Å². The highest BCUT2D eigenvalue weighted by molar-refractivity contribution is 5.46. The van der Waals surface area contributed by atoms with Crippen molar-refractivity contribution in [2.75, 3.05) is 44.4 Å². The van der Waals surface area contributed by atoms with Gasteiger partial charge in [0.05, 0.1) is 26.4 Å². The van der Waals surface area contributed by atoms with Crippen LogP contribution in [0, 0.1) is 6.92 Å². The van der Waals surface area contributed by atoms with E-state index in [1.54, 1.807) is 0 Å². The van der Waals surface area contributed by atoms with Crippen LogP contribution in [0.2, 0.25) is 0 Å². The van der Waals surface area contributed by atoms with Crippen molar-refractivity contribution in [3.05, 3.63) is 53.7 Å². The number of nitrogens with zero attached hydrogens (tertiary/aromatic N) is 2. The highest BCUT2D eigenvalue weighted by Crippen LogP contribution is 2.32. The maximum Gasteiger partial charge on any atom is 0.145 e. The summed E-state index contributed by atoms with van der Waals surface area (Å²) in [5, 5.41) is 0. The maximum atomic E-state index is 5.88. The normalized spacial score (nSPS) is 16.1. The van der Waals surface area contributed by atoms with E-state index in [0.29, 0.717) is 0 Å². The van der Waals surface area contributed by atoms with Crippen LogP contribution >= 0.6 is 0 Å². The highest BCUT2D eigenvalue weighted by Gasteiger charge is 2.24. The number of benzene rings is 1. The number of morpholine rings is 1. The second-order valence-electron chi connectivity index (χ2n) is 9.27. The number of ether oxygens (including phenoxy) is 3. The van der Waals surface area contributed by atoms with Crippen molar-refractivity contribution in [1.82, 2.24) is 4.98 Å². The van der Waals surface area contributed by atoms with E-state index < -0.39 is 0 Å². The van der Waals surface area contributed by atoms with Crippen LogP contribution in [-0.2, 0) is 14.9 Å². The van der Waals surface area contributed by atoms with Gasteiger partial charge in [0.25, 0.3) is 0 Å². The SMILES string of the molecule is CC(C)(C)c1ccccc1OC1COC1.CCCC.Cc1cccnc1N1CCOCC1. The summed E-state index contributed by atoms with van der Waals surface area (Å²) in [6, 6.07) is 12.3. The summed E-state index contributed by atoms with van der Waals surface area (Å²) in [7, 11) is 0.